The summed E-state index contributed by atoms with van der Waals surface area (Å²) in [6.45, 7) is 2.12. The van der Waals surface area contributed by atoms with Gasteiger partial charge in [0.05, 0.1) is 7.11 Å². The van der Waals surface area contributed by atoms with Crippen LogP contribution in [-0.4, -0.2) is 26.0 Å². The number of rotatable bonds is 5. The van der Waals surface area contributed by atoms with Crippen molar-refractivity contribution in [2.24, 2.45) is 4.99 Å². The smallest absolute Gasteiger partial charge is 0.161 e. The van der Waals surface area contributed by atoms with Crippen LogP contribution in [0.4, 0.5) is 0 Å². The number of ether oxygens (including phenoxy) is 2. The van der Waals surface area contributed by atoms with Crippen molar-refractivity contribution >= 4 is 29.0 Å². The molecular weight excluding hydrogens is 347 g/mol. The molecule has 0 fully saturated rings. The normalized spacial score (nSPS) is 13.9. The number of nitrogens with one attached hydrogen (secondary N) is 1. The van der Waals surface area contributed by atoms with E-state index < -0.39 is 0 Å². The monoisotopic (exact) mass is 364 g/mol. The molecule has 1 N–H and O–H groups in total. The highest BCUT2D eigenvalue weighted by atomic mass is 35.5. The molecule has 0 amide bonds. The number of halogens is 2. The van der Waals surface area contributed by atoms with Gasteiger partial charge >= 0.3 is 0 Å². The second-order valence-corrected chi connectivity index (χ2v) is 6.24. The van der Waals surface area contributed by atoms with Crippen LogP contribution in [0.1, 0.15) is 17.5 Å². The van der Waals surface area contributed by atoms with E-state index in [9.17, 15) is 0 Å². The Kier molecular flexibility index (Phi) is 5.48. The molecule has 6 heteroatoms. The molecule has 0 spiro atoms. The molecule has 1 aliphatic rings. The van der Waals surface area contributed by atoms with E-state index in [2.05, 4.69) is 10.3 Å². The molecule has 0 bridgehead atoms. The first kappa shape index (κ1) is 16.9. The van der Waals surface area contributed by atoms with Gasteiger partial charge in [-0.25, -0.2) is 0 Å². The van der Waals surface area contributed by atoms with Crippen molar-refractivity contribution in [2.75, 3.05) is 20.2 Å². The first-order valence-corrected chi connectivity index (χ1v) is 8.46. The summed E-state index contributed by atoms with van der Waals surface area (Å²) in [5, 5.41) is 4.49. The van der Waals surface area contributed by atoms with Crippen LogP contribution in [0.15, 0.2) is 41.4 Å². The molecule has 24 heavy (non-hydrogen) atoms. The molecule has 2 aromatic carbocycles. The molecule has 0 saturated heterocycles. The third-order valence-electron chi connectivity index (χ3n) is 3.73. The van der Waals surface area contributed by atoms with Gasteiger partial charge in [-0.05, 0) is 36.8 Å². The largest absolute Gasteiger partial charge is 0.493 e. The minimum Gasteiger partial charge on any atom is -0.493 e. The van der Waals surface area contributed by atoms with E-state index in [0.29, 0.717) is 28.2 Å². The molecule has 0 atom stereocenters. The van der Waals surface area contributed by atoms with Crippen molar-refractivity contribution < 1.29 is 9.47 Å². The van der Waals surface area contributed by atoms with Crippen molar-refractivity contribution in [2.45, 2.75) is 13.0 Å². The first-order chi connectivity index (χ1) is 11.7. The Hall–Kier alpha value is -1.91. The zero-order chi connectivity index (χ0) is 16.9. The fourth-order valence-electron chi connectivity index (χ4n) is 2.45. The lowest BCUT2D eigenvalue weighted by Gasteiger charge is -2.17. The third-order valence-corrected chi connectivity index (χ3v) is 4.32. The SMILES string of the molecule is COc1cc(C2=NCCCN2)ccc1OCc1ccc(Cl)cc1Cl. The predicted octanol–water partition coefficient (Wildman–Crippen LogP) is 4.32. The van der Waals surface area contributed by atoms with Crippen molar-refractivity contribution in [3.63, 3.8) is 0 Å². The number of aliphatic imine (C=N–C) groups is 1. The zero-order valence-corrected chi connectivity index (χ0v) is 14.8. The summed E-state index contributed by atoms with van der Waals surface area (Å²) in [6, 6.07) is 11.1. The molecule has 0 aliphatic carbocycles. The lowest BCUT2D eigenvalue weighted by Crippen LogP contribution is -2.30. The van der Waals surface area contributed by atoms with Gasteiger partial charge in [0.1, 0.15) is 12.4 Å². The summed E-state index contributed by atoms with van der Waals surface area (Å²) in [7, 11) is 1.62. The van der Waals surface area contributed by atoms with Crippen LogP contribution in [0, 0.1) is 0 Å². The van der Waals surface area contributed by atoms with Crippen LogP contribution in [0.25, 0.3) is 0 Å². The summed E-state index contributed by atoms with van der Waals surface area (Å²) in [5.74, 6) is 2.21. The van der Waals surface area contributed by atoms with E-state index in [4.69, 9.17) is 32.7 Å². The summed E-state index contributed by atoms with van der Waals surface area (Å²) < 4.78 is 11.3. The van der Waals surface area contributed by atoms with E-state index >= 15 is 0 Å². The van der Waals surface area contributed by atoms with Gasteiger partial charge in [0.25, 0.3) is 0 Å². The van der Waals surface area contributed by atoms with Crippen molar-refractivity contribution in [3.05, 3.63) is 57.6 Å². The minimum atomic E-state index is 0.338. The Balaban J connectivity index is 1.76. The topological polar surface area (TPSA) is 42.8 Å². The van der Waals surface area contributed by atoms with Crippen LogP contribution in [0.3, 0.4) is 0 Å². The Labute approximate surface area is 151 Å². The predicted molar refractivity (Wildman–Crippen MR) is 97.8 cm³/mol. The van der Waals surface area contributed by atoms with E-state index in [1.54, 1.807) is 19.2 Å². The van der Waals surface area contributed by atoms with Gasteiger partial charge < -0.3 is 14.8 Å². The maximum atomic E-state index is 6.18. The molecular formula is C18H18Cl2N2O2. The molecule has 2 aromatic rings. The number of hydrogen-bond acceptors (Lipinski definition) is 4. The van der Waals surface area contributed by atoms with Crippen LogP contribution >= 0.6 is 23.2 Å². The molecule has 0 aromatic heterocycles. The van der Waals surface area contributed by atoms with Crippen LogP contribution < -0.4 is 14.8 Å². The van der Waals surface area contributed by atoms with E-state index in [1.807, 2.05) is 24.3 Å². The number of benzene rings is 2. The maximum Gasteiger partial charge on any atom is 0.161 e. The molecule has 0 radical (unpaired) electrons. The lowest BCUT2D eigenvalue weighted by molar-refractivity contribution is 0.284. The summed E-state index contributed by atoms with van der Waals surface area (Å²) >= 11 is 12.1. The van der Waals surface area contributed by atoms with E-state index in [0.717, 1.165) is 36.5 Å². The zero-order valence-electron chi connectivity index (χ0n) is 13.3. The van der Waals surface area contributed by atoms with Gasteiger partial charge in [-0.2, -0.15) is 0 Å². The number of methoxy groups -OCH3 is 1. The highest BCUT2D eigenvalue weighted by Gasteiger charge is 2.12. The molecule has 0 unspecified atom stereocenters. The van der Waals surface area contributed by atoms with Gasteiger partial charge in [0.2, 0.25) is 0 Å². The van der Waals surface area contributed by atoms with Gasteiger partial charge in [0, 0.05) is 34.3 Å². The number of nitrogens with zero attached hydrogens (tertiary/aromatic N) is 1. The highest BCUT2D eigenvalue weighted by molar-refractivity contribution is 6.35. The van der Waals surface area contributed by atoms with Crippen LogP contribution in [0.2, 0.25) is 10.0 Å². The van der Waals surface area contributed by atoms with E-state index in [-0.39, 0.29) is 0 Å². The molecule has 126 valence electrons. The summed E-state index contributed by atoms with van der Waals surface area (Å²) in [4.78, 5) is 4.50. The van der Waals surface area contributed by atoms with Crippen molar-refractivity contribution in [1.29, 1.82) is 0 Å². The summed E-state index contributed by atoms with van der Waals surface area (Å²) in [6.07, 6.45) is 1.06. The van der Waals surface area contributed by atoms with Gasteiger partial charge in [-0.3, -0.25) is 4.99 Å². The molecule has 1 heterocycles. The van der Waals surface area contributed by atoms with Crippen molar-refractivity contribution in [3.8, 4) is 11.5 Å². The average molecular weight is 365 g/mol. The molecule has 3 rings (SSSR count). The Morgan fingerprint density at radius 3 is 2.71 bits per heavy atom. The fraction of sp³-hybridized carbons (Fsp3) is 0.278. The molecule has 4 nitrogen and oxygen atoms in total. The fourth-order valence-corrected chi connectivity index (χ4v) is 2.92. The van der Waals surface area contributed by atoms with Crippen LogP contribution in [0.5, 0.6) is 11.5 Å². The van der Waals surface area contributed by atoms with Crippen molar-refractivity contribution in [1.82, 2.24) is 5.32 Å². The first-order valence-electron chi connectivity index (χ1n) is 7.71. The van der Waals surface area contributed by atoms with E-state index in [1.165, 1.54) is 0 Å². The average Bonchev–Trinajstić information content (AvgIpc) is 2.61. The van der Waals surface area contributed by atoms with Gasteiger partial charge in [-0.15, -0.1) is 0 Å². The van der Waals surface area contributed by atoms with Gasteiger partial charge in [0.15, 0.2) is 11.5 Å². The quantitative estimate of drug-likeness (QED) is 0.858. The Morgan fingerprint density at radius 1 is 1.12 bits per heavy atom. The highest BCUT2D eigenvalue weighted by Crippen LogP contribution is 2.30. The third kappa shape index (κ3) is 3.94. The maximum absolute atomic E-state index is 6.18. The molecule has 0 saturated carbocycles. The number of hydrogen-bond donors (Lipinski definition) is 1. The van der Waals surface area contributed by atoms with Gasteiger partial charge in [-0.1, -0.05) is 29.3 Å². The Morgan fingerprint density at radius 2 is 2.00 bits per heavy atom. The second-order valence-electron chi connectivity index (χ2n) is 5.40. The minimum absolute atomic E-state index is 0.338. The second kappa shape index (κ2) is 7.77. The van der Waals surface area contributed by atoms with Crippen LogP contribution in [-0.2, 0) is 6.61 Å². The number of amidine groups is 1. The standard InChI is InChI=1S/C18H18Cl2N2O2/c1-23-17-9-12(18-21-7-2-8-22-18)4-6-16(17)24-11-13-3-5-14(19)10-15(13)20/h3-6,9-10H,2,7-8,11H2,1H3,(H,21,22). The summed E-state index contributed by atoms with van der Waals surface area (Å²) in [5.41, 5.74) is 1.86. The lowest BCUT2D eigenvalue weighted by atomic mass is 10.1. The molecule has 1 aliphatic heterocycles. The Bertz CT molecular complexity index is 763.